The Kier molecular flexibility index (Phi) is 4.17. The van der Waals surface area contributed by atoms with E-state index in [4.69, 9.17) is 9.47 Å². The topological polar surface area (TPSA) is 50.8 Å². The number of benzene rings is 2. The minimum Gasteiger partial charge on any atom is -0.454 e. The second-order valence-electron chi connectivity index (χ2n) is 6.23. The molecule has 2 aliphatic heterocycles. The fourth-order valence-electron chi connectivity index (χ4n) is 3.19. The van der Waals surface area contributed by atoms with E-state index in [1.807, 2.05) is 0 Å². The van der Waals surface area contributed by atoms with Gasteiger partial charge in [0.05, 0.1) is 5.69 Å². The zero-order chi connectivity index (χ0) is 17.2. The Labute approximate surface area is 145 Å². The summed E-state index contributed by atoms with van der Waals surface area (Å²) in [6, 6.07) is 9.78. The minimum atomic E-state index is -0.449. The molecule has 0 bridgehead atoms. The van der Waals surface area contributed by atoms with Crippen LogP contribution in [0.4, 0.5) is 15.8 Å². The first-order chi connectivity index (χ1) is 12.2. The molecule has 0 unspecified atom stereocenters. The number of carbonyl (C=O) groups excluding carboxylic acids is 1. The second kappa shape index (κ2) is 6.63. The van der Waals surface area contributed by atoms with Gasteiger partial charge in [-0.1, -0.05) is 0 Å². The highest BCUT2D eigenvalue weighted by Crippen LogP contribution is 2.33. The molecular weight excluding hydrogens is 323 g/mol. The first-order valence-electron chi connectivity index (χ1n) is 8.46. The smallest absolute Gasteiger partial charge is 0.255 e. The molecule has 5 nitrogen and oxygen atoms in total. The summed E-state index contributed by atoms with van der Waals surface area (Å²) in [5.41, 5.74) is 1.51. The molecule has 130 valence electrons. The Morgan fingerprint density at radius 1 is 1.00 bits per heavy atom. The molecule has 1 amide bonds. The number of anilines is 2. The van der Waals surface area contributed by atoms with Crippen LogP contribution in [0.5, 0.6) is 11.5 Å². The van der Waals surface area contributed by atoms with Crippen LogP contribution >= 0.6 is 0 Å². The third-order valence-corrected chi connectivity index (χ3v) is 4.55. The minimum absolute atomic E-state index is 0.146. The van der Waals surface area contributed by atoms with E-state index in [1.54, 1.807) is 30.3 Å². The maximum atomic E-state index is 14.2. The van der Waals surface area contributed by atoms with Crippen molar-refractivity contribution >= 4 is 17.3 Å². The lowest BCUT2D eigenvalue weighted by molar-refractivity contribution is 0.102. The summed E-state index contributed by atoms with van der Waals surface area (Å²) in [6.07, 6.45) is 3.50. The molecule has 0 atom stereocenters. The van der Waals surface area contributed by atoms with Gasteiger partial charge in [0.25, 0.3) is 5.91 Å². The largest absolute Gasteiger partial charge is 0.454 e. The Morgan fingerprint density at radius 3 is 2.64 bits per heavy atom. The zero-order valence-electron chi connectivity index (χ0n) is 13.8. The van der Waals surface area contributed by atoms with Crippen LogP contribution in [0.25, 0.3) is 0 Å². The van der Waals surface area contributed by atoms with Gasteiger partial charge in [-0.3, -0.25) is 4.79 Å². The number of nitrogens with one attached hydrogen (secondary N) is 1. The summed E-state index contributed by atoms with van der Waals surface area (Å²) >= 11 is 0. The van der Waals surface area contributed by atoms with E-state index in [0.717, 1.165) is 31.6 Å². The van der Waals surface area contributed by atoms with Gasteiger partial charge in [0.1, 0.15) is 5.82 Å². The molecule has 0 aliphatic carbocycles. The lowest BCUT2D eigenvalue weighted by Gasteiger charge is -2.29. The van der Waals surface area contributed by atoms with Crippen molar-refractivity contribution in [2.24, 2.45) is 0 Å². The van der Waals surface area contributed by atoms with E-state index in [2.05, 4.69) is 10.2 Å². The van der Waals surface area contributed by atoms with Gasteiger partial charge in [-0.15, -0.1) is 0 Å². The fourth-order valence-corrected chi connectivity index (χ4v) is 3.19. The van der Waals surface area contributed by atoms with E-state index < -0.39 is 5.82 Å². The number of hydrogen-bond donors (Lipinski definition) is 1. The Balaban J connectivity index is 1.54. The molecule has 25 heavy (non-hydrogen) atoms. The molecule has 0 saturated carbocycles. The van der Waals surface area contributed by atoms with E-state index in [0.29, 0.717) is 17.1 Å². The third kappa shape index (κ3) is 3.24. The van der Waals surface area contributed by atoms with Gasteiger partial charge in [0.2, 0.25) is 6.79 Å². The predicted octanol–water partition coefficient (Wildman–Crippen LogP) is 3.80. The third-order valence-electron chi connectivity index (χ3n) is 4.55. The predicted molar refractivity (Wildman–Crippen MR) is 93.0 cm³/mol. The van der Waals surface area contributed by atoms with Gasteiger partial charge >= 0.3 is 0 Å². The number of carbonyl (C=O) groups is 1. The first-order valence-corrected chi connectivity index (χ1v) is 8.46. The highest BCUT2D eigenvalue weighted by Gasteiger charge is 2.18. The molecule has 2 aromatic rings. The quantitative estimate of drug-likeness (QED) is 0.922. The number of halogens is 1. The Bertz CT molecular complexity index is 803. The van der Waals surface area contributed by atoms with Gasteiger partial charge in [-0.05, 0) is 55.7 Å². The van der Waals surface area contributed by atoms with Crippen LogP contribution in [0.3, 0.4) is 0 Å². The molecular formula is C19H19FN2O3. The Morgan fingerprint density at radius 2 is 1.80 bits per heavy atom. The number of fused-ring (bicyclic) bond motifs is 1. The number of hydrogen-bond acceptors (Lipinski definition) is 4. The van der Waals surface area contributed by atoms with Crippen LogP contribution in [0.2, 0.25) is 0 Å². The van der Waals surface area contributed by atoms with Gasteiger partial charge < -0.3 is 19.7 Å². The van der Waals surface area contributed by atoms with Crippen LogP contribution < -0.4 is 19.7 Å². The summed E-state index contributed by atoms with van der Waals surface area (Å²) in [5, 5.41) is 2.66. The average molecular weight is 342 g/mol. The van der Waals surface area contributed by atoms with E-state index in [1.165, 1.54) is 12.5 Å². The van der Waals surface area contributed by atoms with Crippen molar-refractivity contribution in [2.45, 2.75) is 19.3 Å². The van der Waals surface area contributed by atoms with E-state index >= 15 is 0 Å². The second-order valence-corrected chi connectivity index (χ2v) is 6.23. The lowest BCUT2D eigenvalue weighted by atomic mass is 10.1. The molecule has 0 aromatic heterocycles. The van der Waals surface area contributed by atoms with Gasteiger partial charge in [0.15, 0.2) is 11.5 Å². The zero-order valence-corrected chi connectivity index (χ0v) is 13.8. The van der Waals surface area contributed by atoms with Crippen LogP contribution in [0, 0.1) is 5.82 Å². The highest BCUT2D eigenvalue weighted by atomic mass is 19.1. The molecule has 4 rings (SSSR count). The number of rotatable bonds is 3. The molecule has 1 saturated heterocycles. The lowest BCUT2D eigenvalue weighted by Crippen LogP contribution is -2.29. The van der Waals surface area contributed by atoms with Crippen LogP contribution in [-0.2, 0) is 0 Å². The fraction of sp³-hybridized carbons (Fsp3) is 0.316. The maximum absolute atomic E-state index is 14.2. The maximum Gasteiger partial charge on any atom is 0.255 e. The molecule has 1 fully saturated rings. The van der Waals surface area contributed by atoms with Crippen molar-refractivity contribution in [3.05, 3.63) is 47.8 Å². The highest BCUT2D eigenvalue weighted by molar-refractivity contribution is 6.05. The van der Waals surface area contributed by atoms with E-state index in [-0.39, 0.29) is 18.4 Å². The number of piperidine rings is 1. The van der Waals surface area contributed by atoms with Crippen LogP contribution in [0.15, 0.2) is 36.4 Å². The summed E-state index contributed by atoms with van der Waals surface area (Å²) < 4.78 is 24.7. The molecule has 1 N–H and O–H groups in total. The summed E-state index contributed by atoms with van der Waals surface area (Å²) in [5.74, 6) is 0.299. The number of nitrogens with zero attached hydrogens (tertiary/aromatic N) is 1. The van der Waals surface area contributed by atoms with Gasteiger partial charge in [-0.25, -0.2) is 4.39 Å². The summed E-state index contributed by atoms with van der Waals surface area (Å²) in [7, 11) is 0. The number of amides is 1. The SMILES string of the molecule is O=C(Nc1cc(N2CCCCC2)ccc1F)c1ccc2c(c1)OCO2. The average Bonchev–Trinajstić information content (AvgIpc) is 3.12. The van der Waals surface area contributed by atoms with Gasteiger partial charge in [0, 0.05) is 24.3 Å². The molecule has 2 aliphatic rings. The van der Waals surface area contributed by atoms with Crippen LogP contribution in [-0.4, -0.2) is 25.8 Å². The van der Waals surface area contributed by atoms with Gasteiger partial charge in [-0.2, -0.15) is 0 Å². The molecule has 2 aromatic carbocycles. The number of ether oxygens (including phenoxy) is 2. The first kappa shape index (κ1) is 15.7. The molecule has 2 heterocycles. The van der Waals surface area contributed by atoms with Crippen molar-refractivity contribution in [3.63, 3.8) is 0 Å². The standard InChI is InChI=1S/C19H19FN2O3/c20-15-6-5-14(22-8-2-1-3-9-22)11-16(15)21-19(23)13-4-7-17-18(10-13)25-12-24-17/h4-7,10-11H,1-3,8-9,12H2,(H,21,23). The molecule has 0 spiro atoms. The monoisotopic (exact) mass is 342 g/mol. The molecule has 6 heteroatoms. The van der Waals surface area contributed by atoms with Crippen molar-refractivity contribution in [1.82, 2.24) is 0 Å². The van der Waals surface area contributed by atoms with Crippen molar-refractivity contribution < 1.29 is 18.7 Å². The van der Waals surface area contributed by atoms with Crippen molar-refractivity contribution in [3.8, 4) is 11.5 Å². The van der Waals surface area contributed by atoms with Crippen LogP contribution in [0.1, 0.15) is 29.6 Å². The summed E-state index contributed by atoms with van der Waals surface area (Å²) in [4.78, 5) is 14.7. The Hall–Kier alpha value is -2.76. The molecule has 0 radical (unpaired) electrons. The van der Waals surface area contributed by atoms with Crippen molar-refractivity contribution in [1.29, 1.82) is 0 Å². The van der Waals surface area contributed by atoms with Crippen molar-refractivity contribution in [2.75, 3.05) is 30.1 Å². The summed E-state index contributed by atoms with van der Waals surface area (Å²) in [6.45, 7) is 2.06. The normalized spacial score (nSPS) is 16.0. The van der Waals surface area contributed by atoms with E-state index in [9.17, 15) is 9.18 Å².